The average molecular weight is 333 g/mol. The summed E-state index contributed by atoms with van der Waals surface area (Å²) >= 11 is 6.17. The van der Waals surface area contributed by atoms with Gasteiger partial charge in [-0.3, -0.25) is 4.79 Å². The van der Waals surface area contributed by atoms with Gasteiger partial charge in [-0.1, -0.05) is 17.7 Å². The number of carbonyl (C=O) groups excluding carboxylic acids is 1. The third kappa shape index (κ3) is 4.25. The molecular weight excluding hydrogens is 311 g/mol. The van der Waals surface area contributed by atoms with Gasteiger partial charge in [0.1, 0.15) is 5.75 Å². The van der Waals surface area contributed by atoms with Gasteiger partial charge in [-0.15, -0.1) is 12.4 Å². The molecular formula is C15H22Cl2N2O2. The van der Waals surface area contributed by atoms with Crippen molar-refractivity contribution >= 4 is 29.9 Å². The van der Waals surface area contributed by atoms with Gasteiger partial charge in [0, 0.05) is 17.1 Å². The first-order valence-corrected chi connectivity index (χ1v) is 7.29. The van der Waals surface area contributed by atoms with E-state index >= 15 is 0 Å². The molecule has 1 aliphatic heterocycles. The first-order valence-electron chi connectivity index (χ1n) is 6.91. The SMILES string of the molecule is COc1cccc(Cl)c1CNC(=O)C1(C)CCCCN1.Cl. The molecule has 1 unspecified atom stereocenters. The molecule has 0 saturated carbocycles. The van der Waals surface area contributed by atoms with Crippen LogP contribution in [-0.4, -0.2) is 25.1 Å². The molecule has 1 saturated heterocycles. The quantitative estimate of drug-likeness (QED) is 0.891. The van der Waals surface area contributed by atoms with Crippen LogP contribution in [0.3, 0.4) is 0 Å². The van der Waals surface area contributed by atoms with E-state index < -0.39 is 5.54 Å². The molecule has 0 radical (unpaired) electrons. The molecule has 118 valence electrons. The number of halogens is 2. The maximum atomic E-state index is 12.3. The van der Waals surface area contributed by atoms with Crippen molar-refractivity contribution in [2.45, 2.75) is 38.3 Å². The average Bonchev–Trinajstić information content (AvgIpc) is 2.46. The molecule has 6 heteroatoms. The molecule has 1 fully saturated rings. The van der Waals surface area contributed by atoms with Crippen LogP contribution >= 0.6 is 24.0 Å². The van der Waals surface area contributed by atoms with E-state index in [1.807, 2.05) is 19.1 Å². The lowest BCUT2D eigenvalue weighted by atomic mass is 9.90. The highest BCUT2D eigenvalue weighted by Crippen LogP contribution is 2.26. The molecule has 0 spiro atoms. The van der Waals surface area contributed by atoms with E-state index in [-0.39, 0.29) is 18.3 Å². The van der Waals surface area contributed by atoms with Gasteiger partial charge in [-0.25, -0.2) is 0 Å². The minimum atomic E-state index is -0.479. The Morgan fingerprint density at radius 3 is 2.86 bits per heavy atom. The molecule has 0 aliphatic carbocycles. The zero-order chi connectivity index (χ0) is 14.6. The Hall–Kier alpha value is -0.970. The van der Waals surface area contributed by atoms with Gasteiger partial charge in [0.05, 0.1) is 12.6 Å². The van der Waals surface area contributed by atoms with Crippen LogP contribution in [0.15, 0.2) is 18.2 Å². The number of benzene rings is 1. The number of nitrogens with one attached hydrogen (secondary N) is 2. The predicted molar refractivity (Wildman–Crippen MR) is 87.4 cm³/mol. The molecule has 1 aromatic carbocycles. The van der Waals surface area contributed by atoms with Gasteiger partial charge in [0.2, 0.25) is 5.91 Å². The summed E-state index contributed by atoms with van der Waals surface area (Å²) in [6.07, 6.45) is 3.06. The van der Waals surface area contributed by atoms with Crippen LogP contribution in [0.1, 0.15) is 31.7 Å². The molecule has 1 aliphatic rings. The molecule has 1 aromatic rings. The van der Waals surface area contributed by atoms with Crippen LogP contribution in [0.5, 0.6) is 5.75 Å². The molecule has 0 aromatic heterocycles. The number of carbonyl (C=O) groups is 1. The van der Waals surface area contributed by atoms with Crippen LogP contribution in [0, 0.1) is 0 Å². The summed E-state index contributed by atoms with van der Waals surface area (Å²) in [7, 11) is 1.60. The van der Waals surface area contributed by atoms with Crippen molar-refractivity contribution in [1.82, 2.24) is 10.6 Å². The van der Waals surface area contributed by atoms with Gasteiger partial charge in [-0.05, 0) is 44.9 Å². The smallest absolute Gasteiger partial charge is 0.240 e. The summed E-state index contributed by atoms with van der Waals surface area (Å²) in [6.45, 7) is 3.21. The van der Waals surface area contributed by atoms with Crippen LogP contribution < -0.4 is 15.4 Å². The molecule has 1 heterocycles. The second kappa shape index (κ2) is 7.87. The maximum absolute atomic E-state index is 12.3. The Balaban J connectivity index is 0.00000220. The zero-order valence-corrected chi connectivity index (χ0v) is 13.9. The Labute approximate surface area is 137 Å². The van der Waals surface area contributed by atoms with Crippen molar-refractivity contribution in [3.63, 3.8) is 0 Å². The number of piperidine rings is 1. The fourth-order valence-corrected chi connectivity index (χ4v) is 2.75. The van der Waals surface area contributed by atoms with E-state index in [1.165, 1.54) is 0 Å². The fraction of sp³-hybridized carbons (Fsp3) is 0.533. The van der Waals surface area contributed by atoms with E-state index in [9.17, 15) is 4.79 Å². The summed E-state index contributed by atoms with van der Waals surface area (Å²) in [5, 5.41) is 6.86. The Morgan fingerprint density at radius 1 is 1.48 bits per heavy atom. The van der Waals surface area contributed by atoms with Gasteiger partial charge >= 0.3 is 0 Å². The van der Waals surface area contributed by atoms with Crippen molar-refractivity contribution in [3.05, 3.63) is 28.8 Å². The van der Waals surface area contributed by atoms with Crippen LogP contribution in [-0.2, 0) is 11.3 Å². The van der Waals surface area contributed by atoms with Crippen molar-refractivity contribution in [1.29, 1.82) is 0 Å². The lowest BCUT2D eigenvalue weighted by Gasteiger charge is -2.33. The van der Waals surface area contributed by atoms with E-state index in [1.54, 1.807) is 13.2 Å². The van der Waals surface area contributed by atoms with Gasteiger partial charge in [-0.2, -0.15) is 0 Å². The van der Waals surface area contributed by atoms with Crippen molar-refractivity contribution < 1.29 is 9.53 Å². The van der Waals surface area contributed by atoms with E-state index in [4.69, 9.17) is 16.3 Å². The van der Waals surface area contributed by atoms with Crippen LogP contribution in [0.4, 0.5) is 0 Å². The standard InChI is InChI=1S/C15H21ClN2O2.ClH/c1-15(8-3-4-9-18-15)14(19)17-10-11-12(16)6-5-7-13(11)20-2;/h5-7,18H,3-4,8-10H2,1-2H3,(H,17,19);1H. The van der Waals surface area contributed by atoms with Crippen LogP contribution in [0.2, 0.25) is 5.02 Å². The topological polar surface area (TPSA) is 50.4 Å². The van der Waals surface area contributed by atoms with E-state index in [0.717, 1.165) is 31.4 Å². The predicted octanol–water partition coefficient (Wildman–Crippen LogP) is 2.92. The summed E-state index contributed by atoms with van der Waals surface area (Å²) < 4.78 is 5.28. The molecule has 1 amide bonds. The summed E-state index contributed by atoms with van der Waals surface area (Å²) in [4.78, 5) is 12.3. The third-order valence-corrected chi connectivity index (χ3v) is 4.20. The monoisotopic (exact) mass is 332 g/mol. The van der Waals surface area contributed by atoms with Gasteiger partial charge in [0.15, 0.2) is 0 Å². The largest absolute Gasteiger partial charge is 0.496 e. The number of amides is 1. The van der Waals surface area contributed by atoms with Crippen LogP contribution in [0.25, 0.3) is 0 Å². The molecule has 2 rings (SSSR count). The Bertz CT molecular complexity index is 489. The molecule has 2 N–H and O–H groups in total. The van der Waals surface area contributed by atoms with Gasteiger partial charge in [0.25, 0.3) is 0 Å². The first-order chi connectivity index (χ1) is 9.57. The van der Waals surface area contributed by atoms with Crippen molar-refractivity contribution in [2.24, 2.45) is 0 Å². The number of hydrogen-bond donors (Lipinski definition) is 2. The first kappa shape index (κ1) is 18.1. The summed E-state index contributed by atoms with van der Waals surface area (Å²) in [5.41, 5.74) is 0.330. The van der Waals surface area contributed by atoms with Crippen molar-refractivity contribution in [3.8, 4) is 5.75 Å². The van der Waals surface area contributed by atoms with E-state index in [2.05, 4.69) is 10.6 Å². The molecule has 1 atom stereocenters. The third-order valence-electron chi connectivity index (χ3n) is 3.84. The number of methoxy groups -OCH3 is 1. The molecule has 4 nitrogen and oxygen atoms in total. The number of ether oxygens (including phenoxy) is 1. The minimum Gasteiger partial charge on any atom is -0.496 e. The minimum absolute atomic E-state index is 0. The van der Waals surface area contributed by atoms with Crippen molar-refractivity contribution in [2.75, 3.05) is 13.7 Å². The second-order valence-corrected chi connectivity index (χ2v) is 5.73. The zero-order valence-electron chi connectivity index (χ0n) is 12.4. The Kier molecular flexibility index (Phi) is 6.78. The highest BCUT2D eigenvalue weighted by Gasteiger charge is 2.34. The lowest BCUT2D eigenvalue weighted by Crippen LogP contribution is -2.56. The summed E-state index contributed by atoms with van der Waals surface area (Å²) in [5.74, 6) is 0.707. The highest BCUT2D eigenvalue weighted by atomic mass is 35.5. The second-order valence-electron chi connectivity index (χ2n) is 5.32. The molecule has 21 heavy (non-hydrogen) atoms. The number of rotatable bonds is 4. The molecule has 0 bridgehead atoms. The fourth-order valence-electron chi connectivity index (χ4n) is 2.52. The Morgan fingerprint density at radius 2 is 2.24 bits per heavy atom. The van der Waals surface area contributed by atoms with E-state index in [0.29, 0.717) is 17.3 Å². The summed E-state index contributed by atoms with van der Waals surface area (Å²) in [6, 6.07) is 5.47. The lowest BCUT2D eigenvalue weighted by molar-refractivity contribution is -0.128. The van der Waals surface area contributed by atoms with Gasteiger partial charge < -0.3 is 15.4 Å². The highest BCUT2D eigenvalue weighted by molar-refractivity contribution is 6.31. The normalized spacial score (nSPS) is 21.3. The maximum Gasteiger partial charge on any atom is 0.240 e. The number of hydrogen-bond acceptors (Lipinski definition) is 3.